The fourth-order valence-corrected chi connectivity index (χ4v) is 4.18. The van der Waals surface area contributed by atoms with Gasteiger partial charge in [-0.15, -0.1) is 0 Å². The second-order valence-corrected chi connectivity index (χ2v) is 7.33. The van der Waals surface area contributed by atoms with E-state index >= 15 is 0 Å². The van der Waals surface area contributed by atoms with E-state index in [1.807, 2.05) is 11.8 Å². The number of amides is 1. The minimum Gasteiger partial charge on any atom is -0.363 e. The van der Waals surface area contributed by atoms with E-state index in [-0.39, 0.29) is 18.1 Å². The standard InChI is InChI=1S/C20H27N3O2/c1-2-23-15-20(25-14-19(23)24)8-11-22(12-9-20)10-7-16-13-21-18-6-4-3-5-17(16)18/h3-6,13,21H,2,7-12,14-15H2,1H3. The van der Waals surface area contributed by atoms with Crippen molar-refractivity contribution >= 4 is 16.8 Å². The first kappa shape index (κ1) is 16.6. The van der Waals surface area contributed by atoms with Crippen LogP contribution in [-0.2, 0) is 16.0 Å². The molecule has 4 rings (SSSR count). The van der Waals surface area contributed by atoms with E-state index in [9.17, 15) is 4.79 Å². The Bertz CT molecular complexity index is 746. The summed E-state index contributed by atoms with van der Waals surface area (Å²) in [5, 5.41) is 1.34. The Hall–Kier alpha value is -1.85. The number of aromatic nitrogens is 1. The van der Waals surface area contributed by atoms with E-state index in [1.165, 1.54) is 16.5 Å². The number of piperidine rings is 1. The Morgan fingerprint density at radius 1 is 1.24 bits per heavy atom. The van der Waals surface area contributed by atoms with Crippen molar-refractivity contribution in [1.82, 2.24) is 14.8 Å². The molecular weight excluding hydrogens is 314 g/mol. The summed E-state index contributed by atoms with van der Waals surface area (Å²) in [6, 6.07) is 8.50. The quantitative estimate of drug-likeness (QED) is 0.929. The van der Waals surface area contributed by atoms with Gasteiger partial charge in [0.1, 0.15) is 6.61 Å². The molecular formula is C20H27N3O2. The van der Waals surface area contributed by atoms with Crippen molar-refractivity contribution in [3.63, 3.8) is 0 Å². The number of H-pyrrole nitrogens is 1. The van der Waals surface area contributed by atoms with Crippen LogP contribution < -0.4 is 0 Å². The molecule has 0 radical (unpaired) electrons. The van der Waals surface area contributed by atoms with Gasteiger partial charge in [0.2, 0.25) is 5.91 Å². The van der Waals surface area contributed by atoms with E-state index in [0.717, 1.165) is 52.0 Å². The molecule has 5 nitrogen and oxygen atoms in total. The van der Waals surface area contributed by atoms with Gasteiger partial charge in [0, 0.05) is 49.8 Å². The number of morpholine rings is 1. The molecule has 5 heteroatoms. The van der Waals surface area contributed by atoms with Crippen LogP contribution in [0, 0.1) is 0 Å². The van der Waals surface area contributed by atoms with Crippen LogP contribution in [0.3, 0.4) is 0 Å². The Morgan fingerprint density at radius 3 is 2.84 bits per heavy atom. The summed E-state index contributed by atoms with van der Waals surface area (Å²) >= 11 is 0. The second-order valence-electron chi connectivity index (χ2n) is 7.33. The number of para-hydroxylation sites is 1. The average Bonchev–Trinajstić information content (AvgIpc) is 3.07. The van der Waals surface area contributed by atoms with Crippen molar-refractivity contribution in [2.45, 2.75) is 31.8 Å². The summed E-state index contributed by atoms with van der Waals surface area (Å²) in [4.78, 5) is 19.7. The number of likely N-dealkylation sites (N-methyl/N-ethyl adjacent to an activating group) is 1. The number of hydrogen-bond donors (Lipinski definition) is 1. The van der Waals surface area contributed by atoms with E-state index in [4.69, 9.17) is 4.74 Å². The number of nitrogens with zero attached hydrogens (tertiary/aromatic N) is 2. The van der Waals surface area contributed by atoms with Gasteiger partial charge in [-0.1, -0.05) is 18.2 Å². The van der Waals surface area contributed by atoms with Gasteiger partial charge >= 0.3 is 0 Å². The lowest BCUT2D eigenvalue weighted by atomic mass is 9.89. The van der Waals surface area contributed by atoms with Gasteiger partial charge in [-0.05, 0) is 37.8 Å². The summed E-state index contributed by atoms with van der Waals surface area (Å²) in [6.07, 6.45) is 5.25. The highest BCUT2D eigenvalue weighted by atomic mass is 16.5. The minimum absolute atomic E-state index is 0.110. The van der Waals surface area contributed by atoms with E-state index in [0.29, 0.717) is 0 Å². The van der Waals surface area contributed by atoms with Crippen LogP contribution in [0.15, 0.2) is 30.5 Å². The lowest BCUT2D eigenvalue weighted by molar-refractivity contribution is -0.171. The molecule has 2 fully saturated rings. The molecule has 0 saturated carbocycles. The van der Waals surface area contributed by atoms with Crippen LogP contribution in [0.5, 0.6) is 0 Å². The number of aromatic amines is 1. The molecule has 0 unspecified atom stereocenters. The topological polar surface area (TPSA) is 48.6 Å². The monoisotopic (exact) mass is 341 g/mol. The van der Waals surface area contributed by atoms with Gasteiger partial charge in [0.05, 0.1) is 5.60 Å². The van der Waals surface area contributed by atoms with Crippen molar-refractivity contribution in [3.8, 4) is 0 Å². The Morgan fingerprint density at radius 2 is 2.04 bits per heavy atom. The van der Waals surface area contributed by atoms with Gasteiger partial charge in [0.15, 0.2) is 0 Å². The summed E-state index contributed by atoms with van der Waals surface area (Å²) < 4.78 is 5.98. The van der Waals surface area contributed by atoms with Crippen molar-refractivity contribution in [3.05, 3.63) is 36.0 Å². The maximum Gasteiger partial charge on any atom is 0.248 e. The summed E-state index contributed by atoms with van der Waals surface area (Å²) in [7, 11) is 0. The smallest absolute Gasteiger partial charge is 0.248 e. The van der Waals surface area contributed by atoms with Crippen LogP contribution >= 0.6 is 0 Å². The molecule has 2 aromatic rings. The van der Waals surface area contributed by atoms with Gasteiger partial charge in [-0.3, -0.25) is 4.79 Å². The second kappa shape index (κ2) is 6.81. The minimum atomic E-state index is -0.110. The van der Waals surface area contributed by atoms with Crippen LogP contribution in [0.1, 0.15) is 25.3 Å². The van der Waals surface area contributed by atoms with Crippen LogP contribution in [-0.4, -0.2) is 65.6 Å². The number of carbonyl (C=O) groups is 1. The molecule has 0 aliphatic carbocycles. The molecule has 3 heterocycles. The third kappa shape index (κ3) is 3.31. The number of benzene rings is 1. The lowest BCUT2D eigenvalue weighted by Gasteiger charge is -2.46. The molecule has 1 aromatic carbocycles. The van der Waals surface area contributed by atoms with Crippen molar-refractivity contribution in [2.24, 2.45) is 0 Å². The first-order valence-electron chi connectivity index (χ1n) is 9.38. The Kier molecular flexibility index (Phi) is 4.52. The zero-order chi connectivity index (χ0) is 17.3. The van der Waals surface area contributed by atoms with Crippen LogP contribution in [0.25, 0.3) is 10.9 Å². The van der Waals surface area contributed by atoms with Crippen molar-refractivity contribution in [2.75, 3.05) is 39.3 Å². The SMILES string of the molecule is CCN1CC2(CCN(CCc3c[nH]c4ccccc34)CC2)OCC1=O. The van der Waals surface area contributed by atoms with Gasteiger partial charge < -0.3 is 19.5 Å². The largest absolute Gasteiger partial charge is 0.363 e. The molecule has 1 N–H and O–H groups in total. The molecule has 25 heavy (non-hydrogen) atoms. The molecule has 2 aliphatic rings. The highest BCUT2D eigenvalue weighted by Crippen LogP contribution is 2.30. The number of ether oxygens (including phenoxy) is 1. The highest BCUT2D eigenvalue weighted by molar-refractivity contribution is 5.83. The summed E-state index contributed by atoms with van der Waals surface area (Å²) in [5.41, 5.74) is 2.50. The van der Waals surface area contributed by atoms with Gasteiger partial charge in [-0.2, -0.15) is 0 Å². The van der Waals surface area contributed by atoms with Crippen molar-refractivity contribution < 1.29 is 9.53 Å². The first-order valence-corrected chi connectivity index (χ1v) is 9.38. The molecule has 0 atom stereocenters. The highest BCUT2D eigenvalue weighted by Gasteiger charge is 2.41. The fraction of sp³-hybridized carbons (Fsp3) is 0.550. The van der Waals surface area contributed by atoms with Crippen LogP contribution in [0.2, 0.25) is 0 Å². The number of rotatable bonds is 4. The average molecular weight is 341 g/mol. The molecule has 2 aliphatic heterocycles. The van der Waals surface area contributed by atoms with Gasteiger partial charge in [0.25, 0.3) is 0 Å². The van der Waals surface area contributed by atoms with Crippen molar-refractivity contribution in [1.29, 1.82) is 0 Å². The number of likely N-dealkylation sites (tertiary alicyclic amines) is 1. The molecule has 0 bridgehead atoms. The number of fused-ring (bicyclic) bond motifs is 1. The molecule has 2 saturated heterocycles. The fourth-order valence-electron chi connectivity index (χ4n) is 4.18. The number of carbonyl (C=O) groups excluding carboxylic acids is 1. The maximum absolute atomic E-state index is 11.8. The van der Waals surface area contributed by atoms with Gasteiger partial charge in [-0.25, -0.2) is 0 Å². The predicted octanol–water partition coefficient (Wildman–Crippen LogP) is 2.42. The van der Waals surface area contributed by atoms with Crippen LogP contribution in [0.4, 0.5) is 0 Å². The summed E-state index contributed by atoms with van der Waals surface area (Å²) in [5.74, 6) is 0.134. The molecule has 1 aromatic heterocycles. The van der Waals surface area contributed by atoms with E-state index in [2.05, 4.69) is 40.3 Å². The van der Waals surface area contributed by atoms with E-state index < -0.39 is 0 Å². The zero-order valence-electron chi connectivity index (χ0n) is 15.0. The predicted molar refractivity (Wildman–Crippen MR) is 98.6 cm³/mol. The number of nitrogens with one attached hydrogen (secondary N) is 1. The Labute approximate surface area is 148 Å². The molecule has 134 valence electrons. The normalized spacial score (nSPS) is 21.3. The Balaban J connectivity index is 1.33. The number of hydrogen-bond acceptors (Lipinski definition) is 3. The zero-order valence-corrected chi connectivity index (χ0v) is 15.0. The third-order valence-corrected chi connectivity index (χ3v) is 5.85. The molecule has 1 amide bonds. The third-order valence-electron chi connectivity index (χ3n) is 5.85. The maximum atomic E-state index is 11.8. The van der Waals surface area contributed by atoms with E-state index in [1.54, 1.807) is 0 Å². The first-order chi connectivity index (χ1) is 12.2. The molecule has 1 spiro atoms. The summed E-state index contributed by atoms with van der Waals surface area (Å²) in [6.45, 7) is 7.03. The lowest BCUT2D eigenvalue weighted by Crippen LogP contribution is -2.58.